The highest BCUT2D eigenvalue weighted by Crippen LogP contribution is 2.17. The van der Waals surface area contributed by atoms with Gasteiger partial charge in [-0.3, -0.25) is 4.99 Å². The zero-order valence-electron chi connectivity index (χ0n) is 10.9. The van der Waals surface area contributed by atoms with Gasteiger partial charge in [-0.25, -0.2) is 4.98 Å². The number of nitrogens with two attached hydrogens (primary N) is 1. The average molecular weight is 249 g/mol. The van der Waals surface area contributed by atoms with Gasteiger partial charge in [0.25, 0.3) is 0 Å². The molecule has 0 bridgehead atoms. The number of aliphatic imine (C=N–C) groups is 1. The molecule has 100 valence electrons. The van der Waals surface area contributed by atoms with Crippen LogP contribution in [-0.2, 0) is 6.54 Å². The second-order valence-electron chi connectivity index (χ2n) is 4.90. The Hall–Kier alpha value is -1.52. The van der Waals surface area contributed by atoms with Crippen molar-refractivity contribution in [3.05, 3.63) is 18.7 Å². The highest BCUT2D eigenvalue weighted by Gasteiger charge is 2.14. The fraction of sp³-hybridized carbons (Fsp3) is 0.692. The molecule has 3 N–H and O–H groups in total. The second kappa shape index (κ2) is 7.03. The van der Waals surface area contributed by atoms with Crippen molar-refractivity contribution in [1.82, 2.24) is 14.9 Å². The normalized spacial score (nSPS) is 17.2. The smallest absolute Gasteiger partial charge is 0.188 e. The number of rotatable bonds is 6. The van der Waals surface area contributed by atoms with Gasteiger partial charge in [0.2, 0.25) is 0 Å². The van der Waals surface area contributed by atoms with Crippen LogP contribution in [0.4, 0.5) is 0 Å². The Balaban J connectivity index is 1.55. The first-order valence-corrected chi connectivity index (χ1v) is 6.87. The lowest BCUT2D eigenvalue weighted by molar-refractivity contribution is 0.606. The van der Waals surface area contributed by atoms with E-state index in [0.717, 1.165) is 25.9 Å². The van der Waals surface area contributed by atoms with E-state index in [1.54, 1.807) is 0 Å². The summed E-state index contributed by atoms with van der Waals surface area (Å²) in [4.78, 5) is 8.38. The van der Waals surface area contributed by atoms with Gasteiger partial charge in [0, 0.05) is 31.5 Å². The number of nitrogens with zero attached hydrogens (tertiary/aromatic N) is 3. The van der Waals surface area contributed by atoms with Gasteiger partial charge >= 0.3 is 0 Å². The van der Waals surface area contributed by atoms with Gasteiger partial charge in [-0.2, -0.15) is 0 Å². The standard InChI is InChI=1S/C13H23N5/c14-13(17-12-5-1-2-6-12)16-7-3-4-9-18-10-8-15-11-18/h8,10-12H,1-7,9H2,(H3,14,16,17). The van der Waals surface area contributed by atoms with E-state index in [9.17, 15) is 0 Å². The van der Waals surface area contributed by atoms with Gasteiger partial charge in [0.15, 0.2) is 5.96 Å². The average Bonchev–Trinajstić information content (AvgIpc) is 3.01. The van der Waals surface area contributed by atoms with Crippen molar-refractivity contribution in [2.24, 2.45) is 10.7 Å². The summed E-state index contributed by atoms with van der Waals surface area (Å²) in [6.45, 7) is 1.81. The molecule has 0 aromatic carbocycles. The summed E-state index contributed by atoms with van der Waals surface area (Å²) in [6, 6.07) is 0.555. The SMILES string of the molecule is NC(=NCCCCn1ccnc1)NC1CCCC1. The van der Waals surface area contributed by atoms with Crippen LogP contribution >= 0.6 is 0 Å². The van der Waals surface area contributed by atoms with Crippen LogP contribution in [0.25, 0.3) is 0 Å². The maximum absolute atomic E-state index is 5.85. The first kappa shape index (κ1) is 12.9. The minimum atomic E-state index is 0.555. The van der Waals surface area contributed by atoms with E-state index >= 15 is 0 Å². The van der Waals surface area contributed by atoms with Crippen LogP contribution in [0, 0.1) is 0 Å². The monoisotopic (exact) mass is 249 g/mol. The van der Waals surface area contributed by atoms with Crippen LogP contribution in [0.2, 0.25) is 0 Å². The van der Waals surface area contributed by atoms with E-state index in [1.165, 1.54) is 25.7 Å². The van der Waals surface area contributed by atoms with Gasteiger partial charge < -0.3 is 15.6 Å². The fourth-order valence-electron chi connectivity index (χ4n) is 2.35. The van der Waals surface area contributed by atoms with E-state index in [4.69, 9.17) is 5.73 Å². The molecule has 18 heavy (non-hydrogen) atoms. The molecule has 0 amide bonds. The van der Waals surface area contributed by atoms with Crippen molar-refractivity contribution in [3.63, 3.8) is 0 Å². The molecule has 0 unspecified atom stereocenters. The topological polar surface area (TPSA) is 68.2 Å². The van der Waals surface area contributed by atoms with Crippen molar-refractivity contribution in [1.29, 1.82) is 0 Å². The number of hydrogen-bond donors (Lipinski definition) is 2. The number of nitrogens with one attached hydrogen (secondary N) is 1. The first-order chi connectivity index (χ1) is 8.84. The largest absolute Gasteiger partial charge is 0.370 e. The molecule has 1 aromatic rings. The summed E-state index contributed by atoms with van der Waals surface area (Å²) < 4.78 is 2.09. The lowest BCUT2D eigenvalue weighted by atomic mass is 10.2. The zero-order valence-corrected chi connectivity index (χ0v) is 10.9. The number of imidazole rings is 1. The summed E-state index contributed by atoms with van der Waals surface area (Å²) in [6.07, 6.45) is 12.9. The molecule has 0 saturated heterocycles. The van der Waals surface area contributed by atoms with Crippen molar-refractivity contribution in [2.75, 3.05) is 6.54 Å². The minimum absolute atomic E-state index is 0.555. The third-order valence-corrected chi connectivity index (χ3v) is 3.37. The second-order valence-corrected chi connectivity index (χ2v) is 4.90. The predicted molar refractivity (Wildman–Crippen MR) is 73.3 cm³/mol. The molecular formula is C13H23N5. The Labute approximate surface area is 108 Å². The van der Waals surface area contributed by atoms with Gasteiger partial charge in [-0.1, -0.05) is 12.8 Å². The van der Waals surface area contributed by atoms with Crippen LogP contribution in [-0.4, -0.2) is 28.1 Å². The molecule has 2 rings (SSSR count). The summed E-state index contributed by atoms with van der Waals surface area (Å²) in [5.41, 5.74) is 5.85. The Bertz CT molecular complexity index is 351. The molecule has 5 nitrogen and oxygen atoms in total. The fourth-order valence-corrected chi connectivity index (χ4v) is 2.35. The summed E-state index contributed by atoms with van der Waals surface area (Å²) in [5.74, 6) is 0.615. The van der Waals surface area contributed by atoms with Crippen LogP contribution in [0.1, 0.15) is 38.5 Å². The van der Waals surface area contributed by atoms with E-state index < -0.39 is 0 Å². The van der Waals surface area contributed by atoms with E-state index in [1.807, 2.05) is 18.7 Å². The predicted octanol–water partition coefficient (Wildman–Crippen LogP) is 1.51. The van der Waals surface area contributed by atoms with E-state index in [-0.39, 0.29) is 0 Å². The summed E-state index contributed by atoms with van der Waals surface area (Å²) in [7, 11) is 0. The summed E-state index contributed by atoms with van der Waals surface area (Å²) >= 11 is 0. The Morgan fingerprint density at radius 1 is 1.39 bits per heavy atom. The van der Waals surface area contributed by atoms with Crippen molar-refractivity contribution >= 4 is 5.96 Å². The third-order valence-electron chi connectivity index (χ3n) is 3.37. The van der Waals surface area contributed by atoms with Gasteiger partial charge in [0.1, 0.15) is 0 Å². The molecule has 1 aromatic heterocycles. The molecule has 1 aliphatic rings. The highest BCUT2D eigenvalue weighted by atomic mass is 15.1. The molecule has 1 aliphatic carbocycles. The van der Waals surface area contributed by atoms with E-state index in [2.05, 4.69) is 19.9 Å². The Morgan fingerprint density at radius 2 is 2.22 bits per heavy atom. The van der Waals surface area contributed by atoms with Crippen LogP contribution < -0.4 is 11.1 Å². The van der Waals surface area contributed by atoms with Crippen LogP contribution in [0.3, 0.4) is 0 Å². The quantitative estimate of drug-likeness (QED) is 0.456. The Morgan fingerprint density at radius 3 is 2.94 bits per heavy atom. The molecule has 1 fully saturated rings. The molecule has 5 heteroatoms. The number of unbranched alkanes of at least 4 members (excludes halogenated alkanes) is 1. The highest BCUT2D eigenvalue weighted by molar-refractivity contribution is 5.78. The van der Waals surface area contributed by atoms with E-state index in [0.29, 0.717) is 12.0 Å². The molecule has 0 aliphatic heterocycles. The number of guanidine groups is 1. The number of aryl methyl sites for hydroxylation is 1. The maximum Gasteiger partial charge on any atom is 0.188 e. The number of aromatic nitrogens is 2. The third kappa shape index (κ3) is 4.39. The zero-order chi connectivity index (χ0) is 12.6. The molecule has 1 heterocycles. The van der Waals surface area contributed by atoms with Crippen LogP contribution in [0.5, 0.6) is 0 Å². The van der Waals surface area contributed by atoms with Crippen molar-refractivity contribution in [3.8, 4) is 0 Å². The number of hydrogen-bond acceptors (Lipinski definition) is 2. The molecule has 0 radical (unpaired) electrons. The van der Waals surface area contributed by atoms with Gasteiger partial charge in [0.05, 0.1) is 6.33 Å². The lowest BCUT2D eigenvalue weighted by Crippen LogP contribution is -2.38. The van der Waals surface area contributed by atoms with Gasteiger partial charge in [-0.15, -0.1) is 0 Å². The van der Waals surface area contributed by atoms with Crippen molar-refractivity contribution < 1.29 is 0 Å². The molecule has 0 spiro atoms. The maximum atomic E-state index is 5.85. The molecule has 0 atom stereocenters. The molecule has 1 saturated carbocycles. The summed E-state index contributed by atoms with van der Waals surface area (Å²) in [5, 5.41) is 3.30. The first-order valence-electron chi connectivity index (χ1n) is 6.87. The van der Waals surface area contributed by atoms with Crippen molar-refractivity contribution in [2.45, 2.75) is 51.1 Å². The minimum Gasteiger partial charge on any atom is -0.370 e. The van der Waals surface area contributed by atoms with Gasteiger partial charge in [-0.05, 0) is 25.7 Å². The Kier molecular flexibility index (Phi) is 5.05. The van der Waals surface area contributed by atoms with Crippen LogP contribution in [0.15, 0.2) is 23.7 Å². The molecular weight excluding hydrogens is 226 g/mol. The lowest BCUT2D eigenvalue weighted by Gasteiger charge is -2.12.